The van der Waals surface area contributed by atoms with E-state index < -0.39 is 10.1 Å². The monoisotopic (exact) mass is 874 g/mol. The van der Waals surface area contributed by atoms with Gasteiger partial charge in [-0.05, 0) is 103 Å². The molecule has 1 aliphatic rings. The molecule has 0 fully saturated rings. The molecule has 1 N–H and O–H groups in total. The molecule has 0 amide bonds. The predicted molar refractivity (Wildman–Crippen MR) is 264 cm³/mol. The van der Waals surface area contributed by atoms with Crippen molar-refractivity contribution in [2.45, 2.75) is 135 Å². The van der Waals surface area contributed by atoms with Gasteiger partial charge in [0.25, 0.3) is 10.1 Å². The number of rotatable bonds is 28. The molecule has 4 aromatic rings. The van der Waals surface area contributed by atoms with Gasteiger partial charge in [0.15, 0.2) is 0 Å². The molecule has 338 valence electrons. The van der Waals surface area contributed by atoms with Crippen LogP contribution in [0.25, 0.3) is 5.57 Å². The zero-order chi connectivity index (χ0) is 44.7. The predicted octanol–water partition coefficient (Wildman–Crippen LogP) is 14.9. The number of ether oxygens (including phenoxy) is 2. The first-order valence-corrected chi connectivity index (χ1v) is 25.4. The van der Waals surface area contributed by atoms with Crippen LogP contribution < -0.4 is 14.4 Å². The van der Waals surface area contributed by atoms with Gasteiger partial charge in [0.2, 0.25) is 11.4 Å². The van der Waals surface area contributed by atoms with E-state index in [1.807, 2.05) is 6.07 Å². The quantitative estimate of drug-likeness (QED) is 0.0348. The summed E-state index contributed by atoms with van der Waals surface area (Å²) in [5, 5.41) is 0. The molecule has 5 rings (SSSR count). The van der Waals surface area contributed by atoms with E-state index in [0.717, 1.165) is 116 Å². The van der Waals surface area contributed by atoms with E-state index in [4.69, 9.17) is 9.47 Å². The normalized spacial score (nSPS) is 12.5. The van der Waals surface area contributed by atoms with Crippen LogP contribution in [0.2, 0.25) is 0 Å². The second kappa shape index (κ2) is 26.6. The number of nitrogens with zero attached hydrogens (tertiary/aromatic N) is 2. The summed E-state index contributed by atoms with van der Waals surface area (Å²) in [6, 6.07) is 31.8. The van der Waals surface area contributed by atoms with Crippen LogP contribution in [0.15, 0.2) is 132 Å². The molecule has 8 heteroatoms. The van der Waals surface area contributed by atoms with Crippen molar-refractivity contribution in [3.63, 3.8) is 0 Å². The Balaban J connectivity index is 1.42. The van der Waals surface area contributed by atoms with E-state index in [1.54, 1.807) is 12.1 Å². The molecular formula is C55H73N2O5S+. The number of benzene rings is 4. The van der Waals surface area contributed by atoms with Gasteiger partial charge in [-0.3, -0.25) is 4.55 Å². The Labute approximate surface area is 380 Å². The third-order valence-corrected chi connectivity index (χ3v) is 12.6. The lowest BCUT2D eigenvalue weighted by molar-refractivity contribution is -0.439. The molecule has 7 nitrogen and oxygen atoms in total. The highest BCUT2D eigenvalue weighted by molar-refractivity contribution is 7.86. The van der Waals surface area contributed by atoms with Crippen molar-refractivity contribution in [3.05, 3.63) is 138 Å². The van der Waals surface area contributed by atoms with Crippen molar-refractivity contribution >= 4 is 38.5 Å². The minimum atomic E-state index is -4.52. The second-order valence-corrected chi connectivity index (χ2v) is 18.1. The Kier molecular flexibility index (Phi) is 20.8. The van der Waals surface area contributed by atoms with Gasteiger partial charge < -0.3 is 14.4 Å². The summed E-state index contributed by atoms with van der Waals surface area (Å²) in [5.74, 6) is 1.77. The Morgan fingerprint density at radius 1 is 0.556 bits per heavy atom. The lowest BCUT2D eigenvalue weighted by atomic mass is 9.90. The fourth-order valence-electron chi connectivity index (χ4n) is 8.03. The first kappa shape index (κ1) is 49.1. The van der Waals surface area contributed by atoms with Crippen LogP contribution >= 0.6 is 0 Å². The first-order valence-electron chi connectivity index (χ1n) is 23.9. The molecular weight excluding hydrogens is 801 g/mol. The molecule has 63 heavy (non-hydrogen) atoms. The summed E-state index contributed by atoms with van der Waals surface area (Å²) in [4.78, 5) is 2.20. The number of unbranched alkanes of at least 4 members (excludes halogenated alkanes) is 12. The van der Waals surface area contributed by atoms with Gasteiger partial charge in [-0.15, -0.1) is 0 Å². The molecule has 0 heterocycles. The van der Waals surface area contributed by atoms with Crippen molar-refractivity contribution in [3.8, 4) is 11.5 Å². The standard InChI is InChI=1S/C55H72N2O5S/c1-5-9-13-15-17-21-43-61-51-37-33-49(34-38-51)56(41-11-7-3)47-29-25-45(26-30-47)55(53-23-19-20-24-54(53)63(58,59)60)46-27-31-48(32-28-46)57(42-12-8-4)50-35-39-52(40-36-50)62-44-22-18-16-14-10-6-2/h19-20,23-40H,5-18,21-22,41-44H2,1-4H3/p+1. The number of allylic oxidation sites excluding steroid dienone is 5. The van der Waals surface area contributed by atoms with Gasteiger partial charge in [0.05, 0.1) is 13.2 Å². The molecule has 0 unspecified atom stereocenters. The van der Waals surface area contributed by atoms with E-state index in [1.165, 1.54) is 70.3 Å². The van der Waals surface area contributed by atoms with E-state index in [0.29, 0.717) is 5.56 Å². The SMILES string of the molecule is CCCCCCCCOc1ccc(N(CCCC)c2ccc(C(=C3C=CC(=[N+](CCCC)c4ccc(OCCCCCCCC)cc4)C=C3)c3ccccc3S(=O)(=O)O)cc2)cc1. The Bertz CT molecular complexity index is 2190. The fourth-order valence-corrected chi connectivity index (χ4v) is 8.73. The topological polar surface area (TPSA) is 79.1 Å². The average Bonchev–Trinajstić information content (AvgIpc) is 3.30. The highest BCUT2D eigenvalue weighted by Crippen LogP contribution is 2.36. The van der Waals surface area contributed by atoms with Gasteiger partial charge in [-0.2, -0.15) is 13.0 Å². The van der Waals surface area contributed by atoms with Crippen molar-refractivity contribution in [2.24, 2.45) is 0 Å². The summed E-state index contributed by atoms with van der Waals surface area (Å²) in [5.41, 5.74) is 7.10. The van der Waals surface area contributed by atoms with Gasteiger partial charge in [-0.1, -0.05) is 135 Å². The number of hydrogen-bond acceptors (Lipinski definition) is 5. The molecule has 0 spiro atoms. The van der Waals surface area contributed by atoms with Gasteiger partial charge in [0, 0.05) is 54.2 Å². The zero-order valence-electron chi connectivity index (χ0n) is 38.6. The van der Waals surface area contributed by atoms with Crippen LogP contribution in [0.4, 0.5) is 17.1 Å². The summed E-state index contributed by atoms with van der Waals surface area (Å²) in [7, 11) is -4.52. The van der Waals surface area contributed by atoms with Crippen LogP contribution in [0.1, 0.15) is 142 Å². The highest BCUT2D eigenvalue weighted by Gasteiger charge is 2.23. The van der Waals surface area contributed by atoms with E-state index in [-0.39, 0.29) is 4.90 Å². The van der Waals surface area contributed by atoms with E-state index in [2.05, 4.69) is 134 Å². The smallest absolute Gasteiger partial charge is 0.295 e. The molecule has 1 aliphatic carbocycles. The summed E-state index contributed by atoms with van der Waals surface area (Å²) in [6.45, 7) is 12.0. The van der Waals surface area contributed by atoms with Crippen molar-refractivity contribution in [1.82, 2.24) is 0 Å². The van der Waals surface area contributed by atoms with Crippen LogP contribution in [0, 0.1) is 0 Å². The van der Waals surface area contributed by atoms with Crippen molar-refractivity contribution < 1.29 is 27.0 Å². The first-order chi connectivity index (χ1) is 30.8. The molecule has 0 aromatic heterocycles. The fraction of sp³-hybridized carbons (Fsp3) is 0.436. The maximum atomic E-state index is 12.8. The third-order valence-electron chi connectivity index (χ3n) is 11.7. The molecule has 0 aliphatic heterocycles. The molecule has 0 atom stereocenters. The van der Waals surface area contributed by atoms with Crippen molar-refractivity contribution in [1.29, 1.82) is 0 Å². The van der Waals surface area contributed by atoms with Crippen LogP contribution in [-0.2, 0) is 10.1 Å². The summed E-state index contributed by atoms with van der Waals surface area (Å²) in [6.07, 6.45) is 27.3. The maximum Gasteiger partial charge on any atom is 0.295 e. The number of hydrogen-bond donors (Lipinski definition) is 1. The Morgan fingerprint density at radius 2 is 1.05 bits per heavy atom. The molecule has 0 saturated heterocycles. The third kappa shape index (κ3) is 15.4. The molecule has 0 bridgehead atoms. The van der Waals surface area contributed by atoms with Gasteiger partial charge in [-0.25, -0.2) is 0 Å². The van der Waals surface area contributed by atoms with Crippen molar-refractivity contribution in [2.75, 3.05) is 31.2 Å². The van der Waals surface area contributed by atoms with Crippen LogP contribution in [0.3, 0.4) is 0 Å². The lowest BCUT2D eigenvalue weighted by Crippen LogP contribution is -2.18. The van der Waals surface area contributed by atoms with Gasteiger partial charge in [0.1, 0.15) is 22.9 Å². The highest BCUT2D eigenvalue weighted by atomic mass is 32.2. The molecule has 4 aromatic carbocycles. The largest absolute Gasteiger partial charge is 0.494 e. The van der Waals surface area contributed by atoms with E-state index >= 15 is 0 Å². The van der Waals surface area contributed by atoms with E-state index in [9.17, 15) is 13.0 Å². The second-order valence-electron chi connectivity index (χ2n) is 16.7. The summed E-state index contributed by atoms with van der Waals surface area (Å²) < 4.78 is 50.6. The Hall–Kier alpha value is -4.92. The van der Waals surface area contributed by atoms with Gasteiger partial charge >= 0.3 is 0 Å². The molecule has 0 saturated carbocycles. The average molecular weight is 874 g/mol. The number of anilines is 2. The minimum absolute atomic E-state index is 0.125. The summed E-state index contributed by atoms with van der Waals surface area (Å²) >= 11 is 0. The van der Waals surface area contributed by atoms with Crippen LogP contribution in [-0.4, -0.2) is 49.6 Å². The minimum Gasteiger partial charge on any atom is -0.494 e. The zero-order valence-corrected chi connectivity index (χ0v) is 39.4. The maximum absolute atomic E-state index is 12.8. The molecule has 0 radical (unpaired) electrons. The van der Waals surface area contributed by atoms with Crippen LogP contribution in [0.5, 0.6) is 11.5 Å². The lowest BCUT2D eigenvalue weighted by Gasteiger charge is -2.26. The Morgan fingerprint density at radius 3 is 1.59 bits per heavy atom.